The Morgan fingerprint density at radius 1 is 1.31 bits per heavy atom. The van der Waals surface area contributed by atoms with E-state index < -0.39 is 11.7 Å². The molecule has 1 aromatic carbocycles. The van der Waals surface area contributed by atoms with Crippen LogP contribution in [-0.2, 0) is 16.0 Å². The summed E-state index contributed by atoms with van der Waals surface area (Å²) in [4.78, 5) is 27.5. The van der Waals surface area contributed by atoms with E-state index in [1.54, 1.807) is 29.2 Å². The quantitative estimate of drug-likeness (QED) is 0.662. The summed E-state index contributed by atoms with van der Waals surface area (Å²) < 4.78 is 0. The topological polar surface area (TPSA) is 93.1 Å². The summed E-state index contributed by atoms with van der Waals surface area (Å²) in [5.41, 5.74) is -0.590. The second-order valence-electron chi connectivity index (χ2n) is 7.09. The van der Waals surface area contributed by atoms with Crippen molar-refractivity contribution in [3.8, 4) is 0 Å². The predicted octanol–water partition coefficient (Wildman–Crippen LogP) is -0.361. The minimum atomic E-state index is -1.44. The van der Waals surface area contributed by atoms with Gasteiger partial charge < -0.3 is 20.4 Å². The average Bonchev–Trinajstić information content (AvgIpc) is 2.59. The molecule has 0 spiro atoms. The maximum absolute atomic E-state index is 12.6. The van der Waals surface area contributed by atoms with Gasteiger partial charge in [0.15, 0.2) is 0 Å². The van der Waals surface area contributed by atoms with Gasteiger partial charge in [-0.2, -0.15) is 0 Å². The van der Waals surface area contributed by atoms with Crippen LogP contribution in [0.15, 0.2) is 24.3 Å². The number of amides is 2. The maximum atomic E-state index is 12.6. The average molecular weight is 382 g/mol. The molecule has 2 aliphatic heterocycles. The first-order valence-electron chi connectivity index (χ1n) is 8.77. The van der Waals surface area contributed by atoms with Crippen molar-refractivity contribution < 1.29 is 19.8 Å². The number of rotatable bonds is 4. The molecule has 2 aliphatic rings. The first kappa shape index (κ1) is 19.1. The molecule has 142 valence electrons. The molecule has 1 aromatic rings. The van der Waals surface area contributed by atoms with Crippen molar-refractivity contribution >= 4 is 23.4 Å². The zero-order chi connectivity index (χ0) is 18.7. The van der Waals surface area contributed by atoms with Gasteiger partial charge in [-0.1, -0.05) is 23.7 Å². The van der Waals surface area contributed by atoms with Crippen LogP contribution in [0.2, 0.25) is 5.02 Å². The van der Waals surface area contributed by atoms with Gasteiger partial charge in [-0.15, -0.1) is 0 Å². The van der Waals surface area contributed by atoms with Crippen LogP contribution in [0.25, 0.3) is 0 Å². The van der Waals surface area contributed by atoms with E-state index in [4.69, 9.17) is 11.6 Å². The molecule has 0 unspecified atom stereocenters. The second kappa shape index (κ2) is 7.92. The highest BCUT2D eigenvalue weighted by atomic mass is 35.5. The number of piperazine rings is 1. The fourth-order valence-corrected chi connectivity index (χ4v) is 3.66. The number of β-amino-alcohol motifs (C(OH)–C–C–N with tert-alkyl or cyclic N) is 1. The molecular weight excluding hydrogens is 358 g/mol. The minimum absolute atomic E-state index is 0.0543. The van der Waals surface area contributed by atoms with Gasteiger partial charge in [0.1, 0.15) is 5.60 Å². The molecule has 0 bridgehead atoms. The van der Waals surface area contributed by atoms with Crippen LogP contribution < -0.4 is 5.32 Å². The van der Waals surface area contributed by atoms with Gasteiger partial charge in [0.05, 0.1) is 25.6 Å². The van der Waals surface area contributed by atoms with Crippen molar-refractivity contribution in [1.82, 2.24) is 15.1 Å². The van der Waals surface area contributed by atoms with Crippen LogP contribution in [-0.4, -0.2) is 82.8 Å². The smallest absolute Gasteiger partial charge is 0.234 e. The van der Waals surface area contributed by atoms with Gasteiger partial charge in [-0.3, -0.25) is 14.5 Å². The Hall–Kier alpha value is -1.67. The third-order valence-corrected chi connectivity index (χ3v) is 5.25. The van der Waals surface area contributed by atoms with Crippen molar-refractivity contribution in [3.05, 3.63) is 34.9 Å². The lowest BCUT2D eigenvalue weighted by molar-refractivity contribution is -0.157. The largest absolute Gasteiger partial charge is 0.390 e. The first-order valence-corrected chi connectivity index (χ1v) is 9.15. The van der Waals surface area contributed by atoms with Crippen LogP contribution in [0.4, 0.5) is 0 Å². The second-order valence-corrected chi connectivity index (χ2v) is 7.52. The molecule has 2 amide bonds. The van der Waals surface area contributed by atoms with Gasteiger partial charge >= 0.3 is 0 Å². The summed E-state index contributed by atoms with van der Waals surface area (Å²) in [5.74, 6) is -0.199. The monoisotopic (exact) mass is 381 g/mol. The minimum Gasteiger partial charge on any atom is -0.390 e. The summed E-state index contributed by atoms with van der Waals surface area (Å²) in [6.07, 6.45) is -0.398. The number of aliphatic hydroxyl groups excluding tert-OH is 1. The lowest BCUT2D eigenvalue weighted by atomic mass is 9.88. The van der Waals surface area contributed by atoms with E-state index in [-0.39, 0.29) is 37.9 Å². The van der Waals surface area contributed by atoms with Crippen LogP contribution in [0, 0.1) is 0 Å². The number of nitrogens with zero attached hydrogens (tertiary/aromatic N) is 2. The third-order valence-electron chi connectivity index (χ3n) is 4.99. The highest BCUT2D eigenvalue weighted by Gasteiger charge is 2.44. The zero-order valence-electron chi connectivity index (χ0n) is 14.5. The molecule has 2 atom stereocenters. The van der Waals surface area contributed by atoms with E-state index in [1.165, 1.54) is 0 Å². The van der Waals surface area contributed by atoms with Gasteiger partial charge in [-0.25, -0.2) is 0 Å². The molecular formula is C18H24ClN3O4. The Kier molecular flexibility index (Phi) is 5.82. The van der Waals surface area contributed by atoms with E-state index in [1.807, 2.05) is 4.90 Å². The molecule has 2 saturated heterocycles. The van der Waals surface area contributed by atoms with E-state index in [0.29, 0.717) is 31.1 Å². The Balaban J connectivity index is 1.63. The molecule has 0 radical (unpaired) electrons. The van der Waals surface area contributed by atoms with Gasteiger partial charge in [0.2, 0.25) is 11.8 Å². The molecule has 0 aromatic heterocycles. The zero-order valence-corrected chi connectivity index (χ0v) is 15.3. The predicted molar refractivity (Wildman–Crippen MR) is 96.8 cm³/mol. The van der Waals surface area contributed by atoms with Crippen molar-refractivity contribution in [2.45, 2.75) is 24.5 Å². The number of hydrogen-bond acceptors (Lipinski definition) is 5. The molecule has 0 saturated carbocycles. The molecule has 2 fully saturated rings. The molecule has 7 nitrogen and oxygen atoms in total. The SMILES string of the molecule is O=C1CN(C[C@@]2(O)CN(C(=O)Cc3ccc(Cl)cc3)CC[C@@H]2O)CCN1. The number of halogens is 1. The number of nitrogens with one attached hydrogen (secondary N) is 1. The Morgan fingerprint density at radius 3 is 2.73 bits per heavy atom. The molecule has 3 N–H and O–H groups in total. The summed E-state index contributed by atoms with van der Waals surface area (Å²) in [6.45, 7) is 1.93. The lowest BCUT2D eigenvalue weighted by Crippen LogP contribution is -2.64. The molecule has 2 heterocycles. The molecule has 8 heteroatoms. The molecule has 3 rings (SSSR count). The van der Waals surface area contributed by atoms with Gasteiger partial charge in [0, 0.05) is 31.2 Å². The van der Waals surface area contributed by atoms with Crippen molar-refractivity contribution in [3.63, 3.8) is 0 Å². The van der Waals surface area contributed by atoms with E-state index in [9.17, 15) is 19.8 Å². The third kappa shape index (κ3) is 4.54. The van der Waals surface area contributed by atoms with Crippen molar-refractivity contribution in [1.29, 1.82) is 0 Å². The number of carbonyl (C=O) groups excluding carboxylic acids is 2. The summed E-state index contributed by atoms with van der Waals surface area (Å²) >= 11 is 5.86. The van der Waals surface area contributed by atoms with Gasteiger partial charge in [-0.05, 0) is 24.1 Å². The highest BCUT2D eigenvalue weighted by Crippen LogP contribution is 2.24. The highest BCUT2D eigenvalue weighted by molar-refractivity contribution is 6.30. The number of aliphatic hydroxyl groups is 2. The maximum Gasteiger partial charge on any atom is 0.234 e. The van der Waals surface area contributed by atoms with E-state index in [0.717, 1.165) is 5.56 Å². The van der Waals surface area contributed by atoms with Crippen molar-refractivity contribution in [2.75, 3.05) is 39.3 Å². The standard InChI is InChI=1S/C18H24ClN3O4/c19-14-3-1-13(2-4-14)9-17(25)22-7-5-15(23)18(26,12-22)11-21-8-6-20-16(24)10-21/h1-4,15,23,26H,5-12H2,(H,20,24)/t15-,18+/m0/s1. The van der Waals surface area contributed by atoms with Crippen LogP contribution in [0.3, 0.4) is 0 Å². The van der Waals surface area contributed by atoms with Crippen molar-refractivity contribution in [2.24, 2.45) is 0 Å². The van der Waals surface area contributed by atoms with Gasteiger partial charge in [0.25, 0.3) is 0 Å². The fourth-order valence-electron chi connectivity index (χ4n) is 3.53. The summed E-state index contributed by atoms with van der Waals surface area (Å²) in [6, 6.07) is 7.08. The summed E-state index contributed by atoms with van der Waals surface area (Å²) in [7, 11) is 0. The number of hydrogen-bond donors (Lipinski definition) is 3. The number of likely N-dealkylation sites (tertiary alicyclic amines) is 1. The Labute approximate surface area is 157 Å². The Bertz CT molecular complexity index is 669. The lowest BCUT2D eigenvalue weighted by Gasteiger charge is -2.45. The summed E-state index contributed by atoms with van der Waals surface area (Å²) in [5, 5.41) is 24.6. The first-order chi connectivity index (χ1) is 12.4. The number of benzene rings is 1. The fraction of sp³-hybridized carbons (Fsp3) is 0.556. The normalized spacial score (nSPS) is 27.3. The van der Waals surface area contributed by atoms with Crippen LogP contribution in [0.5, 0.6) is 0 Å². The molecule has 26 heavy (non-hydrogen) atoms. The Morgan fingerprint density at radius 2 is 2.04 bits per heavy atom. The van der Waals surface area contributed by atoms with E-state index >= 15 is 0 Å². The van der Waals surface area contributed by atoms with Crippen LogP contribution in [0.1, 0.15) is 12.0 Å². The number of piperidine rings is 1. The number of carbonyl (C=O) groups is 2. The van der Waals surface area contributed by atoms with Crippen LogP contribution >= 0.6 is 11.6 Å². The van der Waals surface area contributed by atoms with E-state index in [2.05, 4.69) is 5.32 Å². The molecule has 0 aliphatic carbocycles.